The van der Waals surface area contributed by atoms with Crippen molar-refractivity contribution in [3.8, 4) is 5.75 Å². The highest BCUT2D eigenvalue weighted by atomic mass is 19.1. The first-order valence-electron chi connectivity index (χ1n) is 9.72. The van der Waals surface area contributed by atoms with Gasteiger partial charge in [0, 0.05) is 44.0 Å². The molecule has 3 aromatic rings. The molecule has 2 heterocycles. The van der Waals surface area contributed by atoms with Crippen molar-refractivity contribution in [3.05, 3.63) is 60.0 Å². The Morgan fingerprint density at radius 3 is 2.87 bits per heavy atom. The molecule has 0 aliphatic carbocycles. The number of hydrazine groups is 1. The molecule has 0 saturated carbocycles. The number of carbonyl (C=O) groups is 1. The van der Waals surface area contributed by atoms with Crippen LogP contribution in [0.25, 0.3) is 0 Å². The first kappa shape index (κ1) is 20.4. The number of rotatable bonds is 7. The van der Waals surface area contributed by atoms with Crippen LogP contribution in [0.1, 0.15) is 12.0 Å². The summed E-state index contributed by atoms with van der Waals surface area (Å²) in [6.45, 7) is 1.20. The molecular formula is C21H22FN7O2. The zero-order valence-electron chi connectivity index (χ0n) is 16.8. The molecule has 2 aromatic carbocycles. The van der Waals surface area contributed by atoms with Gasteiger partial charge in [0.1, 0.15) is 5.75 Å². The van der Waals surface area contributed by atoms with E-state index in [0.717, 1.165) is 23.1 Å². The Morgan fingerprint density at radius 1 is 1.23 bits per heavy atom. The Bertz CT molecular complexity index is 1110. The summed E-state index contributed by atoms with van der Waals surface area (Å²) in [4.78, 5) is 19.8. The molecule has 0 spiro atoms. The van der Waals surface area contributed by atoms with Crippen molar-refractivity contribution in [1.82, 2.24) is 20.7 Å². The number of nitrogens with one attached hydrogen (secondary N) is 4. The maximum atomic E-state index is 14.2. The Morgan fingerprint density at radius 2 is 2.06 bits per heavy atom. The standard InChI is InChI=1S/C21H22FN7O2/c1-23-19(31)7-8-29-18-10-15(6-5-13(18)11-25-29)27-21-24-12-17(22)20(28-21)26-14-3-2-4-16(30)9-14/h2-6,9-10,12,25,30H,7-8,11H2,1H3,(H,23,31)(H2,24,26,27,28). The molecule has 0 bridgehead atoms. The first-order valence-corrected chi connectivity index (χ1v) is 9.72. The van der Waals surface area contributed by atoms with E-state index in [4.69, 9.17) is 0 Å². The summed E-state index contributed by atoms with van der Waals surface area (Å²) in [5, 5.41) is 20.0. The predicted octanol–water partition coefficient (Wildman–Crippen LogP) is 2.77. The van der Waals surface area contributed by atoms with Gasteiger partial charge >= 0.3 is 0 Å². The van der Waals surface area contributed by atoms with Crippen molar-refractivity contribution >= 4 is 34.7 Å². The Labute approximate surface area is 178 Å². The van der Waals surface area contributed by atoms with Gasteiger partial charge in [-0.15, -0.1) is 0 Å². The van der Waals surface area contributed by atoms with Crippen molar-refractivity contribution in [2.45, 2.75) is 13.0 Å². The van der Waals surface area contributed by atoms with E-state index >= 15 is 0 Å². The number of anilines is 5. The summed E-state index contributed by atoms with van der Waals surface area (Å²) in [5.74, 6) is -0.390. The number of hydrogen-bond acceptors (Lipinski definition) is 8. The monoisotopic (exact) mass is 423 g/mol. The minimum atomic E-state index is -0.618. The predicted molar refractivity (Wildman–Crippen MR) is 116 cm³/mol. The number of carbonyl (C=O) groups excluding carboxylic acids is 1. The lowest BCUT2D eigenvalue weighted by atomic mass is 10.1. The average molecular weight is 423 g/mol. The van der Waals surface area contributed by atoms with Gasteiger partial charge < -0.3 is 26.1 Å². The fraction of sp³-hybridized carbons (Fsp3) is 0.190. The first-order chi connectivity index (χ1) is 15.0. The third-order valence-electron chi connectivity index (χ3n) is 4.79. The Hall–Kier alpha value is -3.92. The van der Waals surface area contributed by atoms with Crippen molar-refractivity contribution in [1.29, 1.82) is 0 Å². The highest BCUT2D eigenvalue weighted by Crippen LogP contribution is 2.30. The second-order valence-electron chi connectivity index (χ2n) is 6.94. The van der Waals surface area contributed by atoms with E-state index < -0.39 is 5.82 Å². The van der Waals surface area contributed by atoms with Crippen LogP contribution in [0.2, 0.25) is 0 Å². The molecule has 0 fully saturated rings. The second kappa shape index (κ2) is 8.84. The maximum absolute atomic E-state index is 14.2. The van der Waals surface area contributed by atoms with Gasteiger partial charge in [0.25, 0.3) is 0 Å². The van der Waals surface area contributed by atoms with Crippen molar-refractivity contribution < 1.29 is 14.3 Å². The molecule has 0 unspecified atom stereocenters. The van der Waals surface area contributed by atoms with Gasteiger partial charge in [-0.3, -0.25) is 4.79 Å². The molecule has 1 aliphatic rings. The number of phenols is 1. The molecule has 0 radical (unpaired) electrons. The third-order valence-corrected chi connectivity index (χ3v) is 4.79. The molecule has 5 N–H and O–H groups in total. The van der Waals surface area contributed by atoms with E-state index in [-0.39, 0.29) is 23.4 Å². The van der Waals surface area contributed by atoms with Crippen LogP contribution in [0, 0.1) is 5.82 Å². The van der Waals surface area contributed by atoms with Crippen LogP contribution in [0.3, 0.4) is 0 Å². The second-order valence-corrected chi connectivity index (χ2v) is 6.94. The summed E-state index contributed by atoms with van der Waals surface area (Å²) in [6, 6.07) is 12.1. The lowest BCUT2D eigenvalue weighted by Crippen LogP contribution is -2.35. The number of fused-ring (bicyclic) bond motifs is 1. The summed E-state index contributed by atoms with van der Waals surface area (Å²) in [6.07, 6.45) is 1.44. The van der Waals surface area contributed by atoms with Crippen LogP contribution in [0.5, 0.6) is 5.75 Å². The van der Waals surface area contributed by atoms with E-state index in [9.17, 15) is 14.3 Å². The number of hydrogen-bond donors (Lipinski definition) is 5. The highest BCUT2D eigenvalue weighted by molar-refractivity contribution is 5.76. The number of benzene rings is 2. The maximum Gasteiger partial charge on any atom is 0.229 e. The summed E-state index contributed by atoms with van der Waals surface area (Å²) < 4.78 is 14.2. The number of nitrogens with zero attached hydrogens (tertiary/aromatic N) is 3. The molecule has 9 nitrogen and oxygen atoms in total. The molecule has 160 valence electrons. The normalized spacial score (nSPS) is 12.4. The molecule has 1 aliphatic heterocycles. The lowest BCUT2D eigenvalue weighted by molar-refractivity contribution is -0.120. The van der Waals surface area contributed by atoms with Crippen molar-refractivity contribution in [2.24, 2.45) is 0 Å². The largest absolute Gasteiger partial charge is 0.508 e. The van der Waals surface area contributed by atoms with E-state index in [1.165, 1.54) is 12.1 Å². The molecule has 1 amide bonds. The molecule has 0 atom stereocenters. The van der Waals surface area contributed by atoms with Gasteiger partial charge in [-0.25, -0.2) is 14.8 Å². The highest BCUT2D eigenvalue weighted by Gasteiger charge is 2.20. The number of amides is 1. The van der Waals surface area contributed by atoms with E-state index in [1.807, 2.05) is 23.2 Å². The van der Waals surface area contributed by atoms with Crippen molar-refractivity contribution in [2.75, 3.05) is 29.2 Å². The minimum Gasteiger partial charge on any atom is -0.508 e. The molecule has 10 heteroatoms. The van der Waals surface area contributed by atoms with Gasteiger partial charge in [-0.2, -0.15) is 4.98 Å². The topological polar surface area (TPSA) is 114 Å². The van der Waals surface area contributed by atoms with Crippen LogP contribution in [-0.4, -0.2) is 34.6 Å². The Kier molecular flexibility index (Phi) is 5.80. The van der Waals surface area contributed by atoms with Gasteiger partial charge in [0.05, 0.1) is 11.9 Å². The molecular weight excluding hydrogens is 401 g/mol. The number of aromatic hydroxyl groups is 1. The van der Waals surface area contributed by atoms with E-state index in [2.05, 4.69) is 31.3 Å². The minimum absolute atomic E-state index is 0.0156. The van der Waals surface area contributed by atoms with E-state index in [0.29, 0.717) is 25.2 Å². The SMILES string of the molecule is CNC(=O)CCN1NCc2ccc(Nc3ncc(F)c(Nc4cccc(O)c4)n3)cc21. The van der Waals surface area contributed by atoms with Crippen molar-refractivity contribution in [3.63, 3.8) is 0 Å². The number of halogens is 1. The van der Waals surface area contributed by atoms with Gasteiger partial charge in [0.15, 0.2) is 11.6 Å². The molecule has 4 rings (SSSR count). The van der Waals surface area contributed by atoms with E-state index in [1.54, 1.807) is 19.2 Å². The molecule has 1 aromatic heterocycles. The van der Waals surface area contributed by atoms with Crippen LogP contribution >= 0.6 is 0 Å². The molecule has 0 saturated heterocycles. The third kappa shape index (κ3) is 4.81. The zero-order valence-corrected chi connectivity index (χ0v) is 16.8. The lowest BCUT2D eigenvalue weighted by Gasteiger charge is -2.19. The van der Waals surface area contributed by atoms with Crippen LogP contribution in [-0.2, 0) is 11.3 Å². The van der Waals surface area contributed by atoms with Gasteiger partial charge in [-0.05, 0) is 29.8 Å². The van der Waals surface area contributed by atoms with Gasteiger partial charge in [-0.1, -0.05) is 12.1 Å². The molecule has 31 heavy (non-hydrogen) atoms. The summed E-state index contributed by atoms with van der Waals surface area (Å²) in [7, 11) is 1.61. The summed E-state index contributed by atoms with van der Waals surface area (Å²) in [5.41, 5.74) is 6.54. The average Bonchev–Trinajstić information content (AvgIpc) is 3.16. The fourth-order valence-electron chi connectivity index (χ4n) is 3.21. The van der Waals surface area contributed by atoms with Gasteiger partial charge in [0.2, 0.25) is 11.9 Å². The quantitative estimate of drug-likeness (QED) is 0.394. The smallest absolute Gasteiger partial charge is 0.229 e. The van der Waals surface area contributed by atoms with Crippen LogP contribution in [0.4, 0.5) is 33.2 Å². The fourth-order valence-corrected chi connectivity index (χ4v) is 3.21. The zero-order chi connectivity index (χ0) is 21.8. The van der Waals surface area contributed by atoms with Crippen LogP contribution < -0.4 is 26.4 Å². The summed E-state index contributed by atoms with van der Waals surface area (Å²) >= 11 is 0. The Balaban J connectivity index is 1.50. The van der Waals surface area contributed by atoms with Crippen LogP contribution in [0.15, 0.2) is 48.7 Å². The number of phenolic OH excluding ortho intramolecular Hbond substituents is 1. The number of aromatic nitrogens is 2.